The molecule has 0 amide bonds. The number of nitrogens with zero attached hydrogens (tertiary/aromatic N) is 3. The van der Waals surface area contributed by atoms with E-state index in [9.17, 15) is 0 Å². The Labute approximate surface area is 330 Å². The average Bonchev–Trinajstić information content (AvgIpc) is 3.99. The normalized spacial score (nSPS) is 11.9. The summed E-state index contributed by atoms with van der Waals surface area (Å²) in [5.74, 6) is 1.81. The fourth-order valence-electron chi connectivity index (χ4n) is 8.40. The second-order valence-electron chi connectivity index (χ2n) is 14.2. The maximum absolute atomic E-state index is 6.85. The molecule has 4 heterocycles. The molecule has 0 saturated carbocycles. The van der Waals surface area contributed by atoms with Gasteiger partial charge in [-0.05, 0) is 29.8 Å². The number of thiophene rings is 1. The van der Waals surface area contributed by atoms with Crippen molar-refractivity contribution in [3.63, 3.8) is 0 Å². The van der Waals surface area contributed by atoms with Crippen LogP contribution in [0.4, 0.5) is 0 Å². The van der Waals surface area contributed by atoms with Gasteiger partial charge in [-0.2, -0.15) is 0 Å². The van der Waals surface area contributed by atoms with Gasteiger partial charge >= 0.3 is 0 Å². The lowest BCUT2D eigenvalue weighted by Gasteiger charge is -2.10. The van der Waals surface area contributed by atoms with Crippen molar-refractivity contribution in [2.75, 3.05) is 0 Å². The van der Waals surface area contributed by atoms with Crippen LogP contribution in [0.2, 0.25) is 0 Å². The largest absolute Gasteiger partial charge is 0.455 e. The number of hydrogen-bond acceptors (Lipinski definition) is 6. The van der Waals surface area contributed by atoms with Gasteiger partial charge in [-0.15, -0.1) is 11.3 Å². The van der Waals surface area contributed by atoms with Gasteiger partial charge in [0, 0.05) is 75.1 Å². The summed E-state index contributed by atoms with van der Waals surface area (Å²) in [6.45, 7) is 0. The zero-order chi connectivity index (χ0) is 37.5. The Morgan fingerprint density at radius 3 is 1.67 bits per heavy atom. The summed E-state index contributed by atoms with van der Waals surface area (Å²) in [5, 5.41) is 6.65. The zero-order valence-electron chi connectivity index (χ0n) is 30.3. The quantitative estimate of drug-likeness (QED) is 0.175. The van der Waals surface area contributed by atoms with E-state index >= 15 is 0 Å². The zero-order valence-corrected chi connectivity index (χ0v) is 31.1. The highest BCUT2D eigenvalue weighted by Crippen LogP contribution is 2.48. The molecule has 8 aromatic carbocycles. The van der Waals surface area contributed by atoms with Crippen LogP contribution in [0.1, 0.15) is 0 Å². The standard InChI is InChI=1S/C51H29N3O2S/c1-3-14-30(15-4-1)49-52-50(31-16-5-2-6-17-31)54-51(53-49)40-24-13-26-42-44(40)39-23-11-20-34(46(39)56-42)35-29-28-33(45-38-19-7-9-25-41(38)55-47(35)45)37-22-12-21-36-32-18-8-10-27-43(32)57-48(36)37/h1-29H. The molecule has 0 saturated heterocycles. The van der Waals surface area contributed by atoms with Crippen LogP contribution in [0.3, 0.4) is 0 Å². The van der Waals surface area contributed by atoms with E-state index in [0.717, 1.165) is 77.3 Å². The van der Waals surface area contributed by atoms with Crippen molar-refractivity contribution < 1.29 is 8.83 Å². The minimum Gasteiger partial charge on any atom is -0.455 e. The van der Waals surface area contributed by atoms with Gasteiger partial charge in [0.15, 0.2) is 17.5 Å². The summed E-state index contributed by atoms with van der Waals surface area (Å²) in [4.78, 5) is 15.1. The van der Waals surface area contributed by atoms with E-state index in [2.05, 4.69) is 97.1 Å². The predicted molar refractivity (Wildman–Crippen MR) is 234 cm³/mol. The smallest absolute Gasteiger partial charge is 0.164 e. The first-order valence-corrected chi connectivity index (χ1v) is 19.8. The number of benzene rings is 8. The molecule has 0 aliphatic rings. The number of furan rings is 2. The molecular weight excluding hydrogens is 719 g/mol. The van der Waals surface area contributed by atoms with Crippen LogP contribution in [-0.4, -0.2) is 15.0 Å². The van der Waals surface area contributed by atoms with E-state index in [1.807, 2.05) is 90.2 Å². The molecular formula is C51H29N3O2S. The Morgan fingerprint density at radius 1 is 0.333 bits per heavy atom. The molecule has 0 aliphatic carbocycles. The summed E-state index contributed by atoms with van der Waals surface area (Å²) in [6, 6.07) is 60.7. The Hall–Kier alpha value is -7.41. The van der Waals surface area contributed by atoms with E-state index in [1.165, 1.54) is 25.7 Å². The minimum atomic E-state index is 0.584. The van der Waals surface area contributed by atoms with Crippen molar-refractivity contribution in [3.05, 3.63) is 176 Å². The molecule has 5 nitrogen and oxygen atoms in total. The number of aromatic nitrogens is 3. The van der Waals surface area contributed by atoms with Crippen LogP contribution >= 0.6 is 11.3 Å². The van der Waals surface area contributed by atoms with Crippen molar-refractivity contribution in [2.24, 2.45) is 0 Å². The molecule has 0 spiro atoms. The van der Waals surface area contributed by atoms with Gasteiger partial charge in [0.1, 0.15) is 22.3 Å². The number of rotatable bonds is 5. The van der Waals surface area contributed by atoms with Crippen molar-refractivity contribution in [3.8, 4) is 56.4 Å². The third-order valence-corrected chi connectivity index (χ3v) is 12.2. The van der Waals surface area contributed by atoms with Crippen LogP contribution in [-0.2, 0) is 0 Å². The molecule has 57 heavy (non-hydrogen) atoms. The summed E-state index contributed by atoms with van der Waals surface area (Å²) >= 11 is 1.84. The van der Waals surface area contributed by atoms with Gasteiger partial charge in [-0.25, -0.2) is 15.0 Å². The van der Waals surface area contributed by atoms with E-state index in [0.29, 0.717) is 17.5 Å². The molecule has 0 aliphatic heterocycles. The van der Waals surface area contributed by atoms with E-state index < -0.39 is 0 Å². The topological polar surface area (TPSA) is 65.0 Å². The molecule has 4 aromatic heterocycles. The van der Waals surface area contributed by atoms with E-state index in [1.54, 1.807) is 0 Å². The predicted octanol–water partition coefficient (Wildman–Crippen LogP) is 14.4. The third kappa shape index (κ3) is 4.98. The second kappa shape index (κ2) is 12.6. The molecule has 0 fully saturated rings. The second-order valence-corrected chi connectivity index (χ2v) is 15.3. The summed E-state index contributed by atoms with van der Waals surface area (Å²) < 4.78 is 16.2. The molecule has 0 radical (unpaired) electrons. The van der Waals surface area contributed by atoms with E-state index in [-0.39, 0.29) is 0 Å². The van der Waals surface area contributed by atoms with Crippen molar-refractivity contribution in [1.29, 1.82) is 0 Å². The van der Waals surface area contributed by atoms with Crippen LogP contribution < -0.4 is 0 Å². The minimum absolute atomic E-state index is 0.584. The number of hydrogen-bond donors (Lipinski definition) is 0. The lowest BCUT2D eigenvalue weighted by atomic mass is 9.93. The van der Waals surface area contributed by atoms with Crippen molar-refractivity contribution >= 4 is 75.4 Å². The molecule has 266 valence electrons. The summed E-state index contributed by atoms with van der Waals surface area (Å²) in [7, 11) is 0. The fourth-order valence-corrected chi connectivity index (χ4v) is 9.63. The van der Waals surface area contributed by atoms with Crippen LogP contribution in [0.25, 0.3) is 120 Å². The highest BCUT2D eigenvalue weighted by atomic mass is 32.1. The monoisotopic (exact) mass is 747 g/mol. The van der Waals surface area contributed by atoms with Crippen LogP contribution in [0.15, 0.2) is 185 Å². The fraction of sp³-hybridized carbons (Fsp3) is 0. The SMILES string of the molecule is c1ccc(-c2nc(-c3ccccc3)nc(-c3cccc4oc5c(-c6ccc(-c7cccc8c7sc7ccccc78)c7c6oc6ccccc67)cccc5c34)n2)cc1. The average molecular weight is 748 g/mol. The molecule has 0 atom stereocenters. The lowest BCUT2D eigenvalue weighted by molar-refractivity contribution is 0.665. The van der Waals surface area contributed by atoms with E-state index in [4.69, 9.17) is 23.8 Å². The van der Waals surface area contributed by atoms with Gasteiger partial charge in [0.2, 0.25) is 0 Å². The van der Waals surface area contributed by atoms with Crippen molar-refractivity contribution in [2.45, 2.75) is 0 Å². The maximum Gasteiger partial charge on any atom is 0.164 e. The maximum atomic E-state index is 6.85. The Morgan fingerprint density at radius 2 is 0.877 bits per heavy atom. The Kier molecular flexibility index (Phi) is 7.03. The van der Waals surface area contributed by atoms with Gasteiger partial charge in [-0.3, -0.25) is 0 Å². The molecule has 0 unspecified atom stereocenters. The Balaban J connectivity index is 1.09. The number of fused-ring (bicyclic) bond motifs is 9. The molecule has 12 rings (SSSR count). The molecule has 0 bridgehead atoms. The lowest BCUT2D eigenvalue weighted by Crippen LogP contribution is -2.00. The summed E-state index contributed by atoms with van der Waals surface area (Å²) in [5.41, 5.74) is 10.2. The summed E-state index contributed by atoms with van der Waals surface area (Å²) in [6.07, 6.45) is 0. The van der Waals surface area contributed by atoms with Gasteiger partial charge in [0.25, 0.3) is 0 Å². The first kappa shape index (κ1) is 31.9. The first-order valence-electron chi connectivity index (χ1n) is 18.9. The first-order chi connectivity index (χ1) is 28.3. The molecule has 12 aromatic rings. The van der Waals surface area contributed by atoms with Crippen molar-refractivity contribution in [1.82, 2.24) is 15.0 Å². The number of para-hydroxylation sites is 2. The highest BCUT2D eigenvalue weighted by Gasteiger charge is 2.23. The van der Waals surface area contributed by atoms with Gasteiger partial charge in [0.05, 0.1) is 0 Å². The van der Waals surface area contributed by atoms with Crippen LogP contribution in [0, 0.1) is 0 Å². The Bertz CT molecular complexity index is 3470. The van der Waals surface area contributed by atoms with Gasteiger partial charge in [-0.1, -0.05) is 152 Å². The van der Waals surface area contributed by atoms with Crippen LogP contribution in [0.5, 0.6) is 0 Å². The highest BCUT2D eigenvalue weighted by molar-refractivity contribution is 7.26. The third-order valence-electron chi connectivity index (χ3n) is 11.0. The van der Waals surface area contributed by atoms with Gasteiger partial charge < -0.3 is 8.83 Å². The molecule has 0 N–H and O–H groups in total. The molecule has 6 heteroatoms.